The Kier molecular flexibility index (Phi) is 4.97. The lowest BCUT2D eigenvalue weighted by molar-refractivity contribution is 0.191. The first kappa shape index (κ1) is 17.3. The maximum absolute atomic E-state index is 12.6. The number of benzene rings is 1. The van der Waals surface area contributed by atoms with Gasteiger partial charge in [0.15, 0.2) is 0 Å². The standard InChI is InChI=1S/C19H27N5O/c1-14(18-15(2)21-22(4)16(18)3)20-19(25)24-12-10-23(11-13-24)17-8-6-5-7-9-17/h5-9,14H,10-13H2,1-4H3,(H,20,25). The summed E-state index contributed by atoms with van der Waals surface area (Å²) in [5.41, 5.74) is 4.40. The van der Waals surface area contributed by atoms with Gasteiger partial charge in [0.25, 0.3) is 0 Å². The lowest BCUT2D eigenvalue weighted by atomic mass is 10.1. The molecule has 3 rings (SSSR count). The fourth-order valence-electron chi connectivity index (χ4n) is 3.57. The van der Waals surface area contributed by atoms with E-state index in [-0.39, 0.29) is 12.1 Å². The minimum Gasteiger partial charge on any atom is -0.368 e. The van der Waals surface area contributed by atoms with Gasteiger partial charge in [-0.2, -0.15) is 5.10 Å². The molecule has 1 aromatic carbocycles. The van der Waals surface area contributed by atoms with Crippen LogP contribution in [0.25, 0.3) is 0 Å². The van der Waals surface area contributed by atoms with Crippen molar-refractivity contribution in [3.05, 3.63) is 47.3 Å². The van der Waals surface area contributed by atoms with E-state index in [0.717, 1.165) is 43.1 Å². The normalized spacial score (nSPS) is 16.0. The molecule has 25 heavy (non-hydrogen) atoms. The van der Waals surface area contributed by atoms with Crippen LogP contribution in [-0.2, 0) is 7.05 Å². The van der Waals surface area contributed by atoms with Crippen molar-refractivity contribution in [2.45, 2.75) is 26.8 Å². The SMILES string of the molecule is Cc1nn(C)c(C)c1C(C)NC(=O)N1CCN(c2ccccc2)CC1. The molecule has 1 N–H and O–H groups in total. The number of nitrogens with zero attached hydrogens (tertiary/aromatic N) is 4. The quantitative estimate of drug-likeness (QED) is 0.934. The molecule has 0 spiro atoms. The third-order valence-electron chi connectivity index (χ3n) is 5.03. The Balaban J connectivity index is 1.58. The Morgan fingerprint density at radius 1 is 1.12 bits per heavy atom. The molecule has 2 aromatic rings. The number of piperazine rings is 1. The van der Waals surface area contributed by atoms with Crippen molar-refractivity contribution in [2.75, 3.05) is 31.1 Å². The van der Waals surface area contributed by atoms with Gasteiger partial charge < -0.3 is 15.1 Å². The lowest BCUT2D eigenvalue weighted by Crippen LogP contribution is -2.52. The van der Waals surface area contributed by atoms with E-state index >= 15 is 0 Å². The first-order chi connectivity index (χ1) is 12.0. The Morgan fingerprint density at radius 3 is 2.32 bits per heavy atom. The first-order valence-electron chi connectivity index (χ1n) is 8.83. The van der Waals surface area contributed by atoms with E-state index in [1.165, 1.54) is 5.69 Å². The summed E-state index contributed by atoms with van der Waals surface area (Å²) >= 11 is 0. The number of carbonyl (C=O) groups is 1. The maximum atomic E-state index is 12.6. The number of nitrogens with one attached hydrogen (secondary N) is 1. The third kappa shape index (κ3) is 3.62. The molecule has 1 fully saturated rings. The molecule has 1 aliphatic heterocycles. The second kappa shape index (κ2) is 7.17. The molecule has 0 saturated carbocycles. The van der Waals surface area contributed by atoms with E-state index in [1.54, 1.807) is 0 Å². The van der Waals surface area contributed by atoms with Crippen molar-refractivity contribution < 1.29 is 4.79 Å². The molecule has 1 atom stereocenters. The molecule has 2 amide bonds. The van der Waals surface area contributed by atoms with Gasteiger partial charge in [0, 0.05) is 50.2 Å². The number of carbonyl (C=O) groups excluding carboxylic acids is 1. The highest BCUT2D eigenvalue weighted by atomic mass is 16.2. The Labute approximate surface area is 149 Å². The molecule has 1 aromatic heterocycles. The van der Waals surface area contributed by atoms with Crippen molar-refractivity contribution in [1.29, 1.82) is 0 Å². The molecule has 6 nitrogen and oxygen atoms in total. The van der Waals surface area contributed by atoms with E-state index in [1.807, 2.05) is 43.5 Å². The van der Waals surface area contributed by atoms with Crippen LogP contribution < -0.4 is 10.2 Å². The van der Waals surface area contributed by atoms with E-state index < -0.39 is 0 Å². The highest BCUT2D eigenvalue weighted by molar-refractivity contribution is 5.75. The minimum absolute atomic E-state index is 0.00265. The van der Waals surface area contributed by atoms with E-state index in [4.69, 9.17) is 0 Å². The topological polar surface area (TPSA) is 53.4 Å². The minimum atomic E-state index is -0.0478. The summed E-state index contributed by atoms with van der Waals surface area (Å²) < 4.78 is 1.87. The Bertz CT molecular complexity index is 732. The average molecular weight is 341 g/mol. The number of hydrogen-bond acceptors (Lipinski definition) is 3. The molecule has 1 aliphatic rings. The number of aromatic nitrogens is 2. The van der Waals surface area contributed by atoms with Crippen LogP contribution >= 0.6 is 0 Å². The summed E-state index contributed by atoms with van der Waals surface area (Å²) in [6.07, 6.45) is 0. The van der Waals surface area contributed by atoms with E-state index in [9.17, 15) is 4.79 Å². The Hall–Kier alpha value is -2.50. The van der Waals surface area contributed by atoms with Gasteiger partial charge >= 0.3 is 6.03 Å². The van der Waals surface area contributed by atoms with Crippen molar-refractivity contribution in [3.8, 4) is 0 Å². The molecule has 1 unspecified atom stereocenters. The molecule has 0 radical (unpaired) electrons. The van der Waals surface area contributed by atoms with Crippen molar-refractivity contribution >= 4 is 11.7 Å². The number of aryl methyl sites for hydroxylation is 2. The van der Waals surface area contributed by atoms with Gasteiger partial charge in [-0.25, -0.2) is 4.79 Å². The fraction of sp³-hybridized carbons (Fsp3) is 0.474. The molecular weight excluding hydrogens is 314 g/mol. The molecule has 134 valence electrons. The molecule has 6 heteroatoms. The predicted molar refractivity (Wildman–Crippen MR) is 99.9 cm³/mol. The monoisotopic (exact) mass is 341 g/mol. The van der Waals surface area contributed by atoms with Crippen LogP contribution in [0.5, 0.6) is 0 Å². The van der Waals surface area contributed by atoms with Gasteiger partial charge in [0.05, 0.1) is 11.7 Å². The number of amides is 2. The average Bonchev–Trinajstić information content (AvgIpc) is 2.88. The van der Waals surface area contributed by atoms with Crippen molar-refractivity contribution in [1.82, 2.24) is 20.0 Å². The summed E-state index contributed by atoms with van der Waals surface area (Å²) in [6.45, 7) is 9.24. The van der Waals surface area contributed by atoms with Crippen molar-refractivity contribution in [2.24, 2.45) is 7.05 Å². The molecular formula is C19H27N5O. The predicted octanol–water partition coefficient (Wildman–Crippen LogP) is 2.63. The Morgan fingerprint density at radius 2 is 1.76 bits per heavy atom. The van der Waals surface area contributed by atoms with Crippen LogP contribution in [0, 0.1) is 13.8 Å². The molecule has 0 bridgehead atoms. The van der Waals surface area contributed by atoms with Gasteiger partial charge in [-0.05, 0) is 32.9 Å². The summed E-state index contributed by atoms with van der Waals surface area (Å²) in [5, 5.41) is 7.57. The number of rotatable bonds is 3. The number of para-hydroxylation sites is 1. The van der Waals surface area contributed by atoms with Crippen molar-refractivity contribution in [3.63, 3.8) is 0 Å². The fourth-order valence-corrected chi connectivity index (χ4v) is 3.57. The van der Waals surface area contributed by atoms with Crippen LogP contribution in [-0.4, -0.2) is 46.9 Å². The smallest absolute Gasteiger partial charge is 0.317 e. The summed E-state index contributed by atoms with van der Waals surface area (Å²) in [6, 6.07) is 10.3. The lowest BCUT2D eigenvalue weighted by Gasteiger charge is -2.36. The van der Waals surface area contributed by atoms with Crippen LogP contribution in [0.3, 0.4) is 0 Å². The number of urea groups is 1. The van der Waals surface area contributed by atoms with Gasteiger partial charge in [-0.15, -0.1) is 0 Å². The molecule has 0 aliphatic carbocycles. The van der Waals surface area contributed by atoms with Gasteiger partial charge in [0.2, 0.25) is 0 Å². The van der Waals surface area contributed by atoms with Gasteiger partial charge in [-0.1, -0.05) is 18.2 Å². The van der Waals surface area contributed by atoms with Crippen LogP contribution in [0.1, 0.15) is 29.9 Å². The largest absolute Gasteiger partial charge is 0.368 e. The first-order valence-corrected chi connectivity index (χ1v) is 8.83. The third-order valence-corrected chi connectivity index (χ3v) is 5.03. The number of anilines is 1. The van der Waals surface area contributed by atoms with E-state index in [2.05, 4.69) is 39.6 Å². The van der Waals surface area contributed by atoms with Crippen LogP contribution in [0.15, 0.2) is 30.3 Å². The van der Waals surface area contributed by atoms with Crippen LogP contribution in [0.4, 0.5) is 10.5 Å². The van der Waals surface area contributed by atoms with Crippen LogP contribution in [0.2, 0.25) is 0 Å². The van der Waals surface area contributed by atoms with Gasteiger partial charge in [0.1, 0.15) is 0 Å². The second-order valence-electron chi connectivity index (χ2n) is 6.69. The van der Waals surface area contributed by atoms with E-state index in [0.29, 0.717) is 0 Å². The number of hydrogen-bond donors (Lipinski definition) is 1. The second-order valence-corrected chi connectivity index (χ2v) is 6.69. The maximum Gasteiger partial charge on any atom is 0.317 e. The summed E-state index contributed by atoms with van der Waals surface area (Å²) in [7, 11) is 1.93. The highest BCUT2D eigenvalue weighted by Gasteiger charge is 2.24. The molecule has 1 saturated heterocycles. The molecule has 2 heterocycles. The zero-order chi connectivity index (χ0) is 18.0. The zero-order valence-corrected chi connectivity index (χ0v) is 15.5. The summed E-state index contributed by atoms with van der Waals surface area (Å²) in [4.78, 5) is 16.8. The zero-order valence-electron chi connectivity index (χ0n) is 15.5. The van der Waals surface area contributed by atoms with Gasteiger partial charge in [-0.3, -0.25) is 4.68 Å². The highest BCUT2D eigenvalue weighted by Crippen LogP contribution is 2.21. The summed E-state index contributed by atoms with van der Waals surface area (Å²) in [5.74, 6) is 0.